The number of hydrogen-bond donors (Lipinski definition) is 0. The summed E-state index contributed by atoms with van der Waals surface area (Å²) in [7, 11) is 0. The second-order valence-electron chi connectivity index (χ2n) is 3.59. The van der Waals surface area contributed by atoms with Gasteiger partial charge in [0.25, 0.3) is 5.69 Å². The molecule has 0 fully saturated rings. The number of rotatable bonds is 4. The zero-order chi connectivity index (χ0) is 13.1. The van der Waals surface area contributed by atoms with Crippen LogP contribution < -0.4 is 4.74 Å². The molecule has 2 rings (SSSR count). The van der Waals surface area contributed by atoms with Gasteiger partial charge in [-0.2, -0.15) is 0 Å². The molecular formula is C11H9FN2O4. The van der Waals surface area contributed by atoms with Crippen LogP contribution in [0.1, 0.15) is 11.5 Å². The number of nitro groups is 1. The first kappa shape index (κ1) is 12.0. The Morgan fingerprint density at radius 2 is 2.28 bits per heavy atom. The van der Waals surface area contributed by atoms with Crippen molar-refractivity contribution in [1.82, 2.24) is 5.16 Å². The lowest BCUT2D eigenvalue weighted by Gasteiger charge is -2.04. The lowest BCUT2D eigenvalue weighted by Crippen LogP contribution is -1.98. The molecular weight excluding hydrogens is 243 g/mol. The SMILES string of the molecule is Cc1cc(COc2ccc([N+](=O)[O-])cc2F)no1. The van der Waals surface area contributed by atoms with Crippen molar-refractivity contribution in [2.24, 2.45) is 0 Å². The van der Waals surface area contributed by atoms with Crippen LogP contribution >= 0.6 is 0 Å². The Hall–Kier alpha value is -2.44. The van der Waals surface area contributed by atoms with Gasteiger partial charge in [0.2, 0.25) is 0 Å². The van der Waals surface area contributed by atoms with Gasteiger partial charge < -0.3 is 9.26 Å². The van der Waals surface area contributed by atoms with Gasteiger partial charge >= 0.3 is 0 Å². The zero-order valence-electron chi connectivity index (χ0n) is 9.42. The number of aryl methyl sites for hydroxylation is 1. The predicted octanol–water partition coefficient (Wildman–Crippen LogP) is 2.61. The standard InChI is InChI=1S/C11H9FN2O4/c1-7-4-8(13-18-7)6-17-11-3-2-9(14(15)16)5-10(11)12/h2-5H,6H2,1H3. The van der Waals surface area contributed by atoms with Crippen LogP contribution in [0.3, 0.4) is 0 Å². The monoisotopic (exact) mass is 252 g/mol. The van der Waals surface area contributed by atoms with Gasteiger partial charge in [-0.1, -0.05) is 5.16 Å². The summed E-state index contributed by atoms with van der Waals surface area (Å²) in [5.74, 6) is -0.233. The summed E-state index contributed by atoms with van der Waals surface area (Å²) >= 11 is 0. The van der Waals surface area contributed by atoms with Crippen molar-refractivity contribution in [3.8, 4) is 5.75 Å². The molecule has 0 saturated carbocycles. The van der Waals surface area contributed by atoms with Crippen LogP contribution in [0.25, 0.3) is 0 Å². The fraction of sp³-hybridized carbons (Fsp3) is 0.182. The van der Waals surface area contributed by atoms with E-state index in [2.05, 4.69) is 5.16 Å². The van der Waals surface area contributed by atoms with Crippen molar-refractivity contribution in [2.45, 2.75) is 13.5 Å². The van der Waals surface area contributed by atoms with Gasteiger partial charge in [-0.05, 0) is 13.0 Å². The molecule has 0 spiro atoms. The zero-order valence-corrected chi connectivity index (χ0v) is 9.42. The molecule has 1 aromatic heterocycles. The molecule has 1 heterocycles. The first-order valence-electron chi connectivity index (χ1n) is 5.05. The highest BCUT2D eigenvalue weighted by Crippen LogP contribution is 2.23. The second-order valence-corrected chi connectivity index (χ2v) is 3.59. The highest BCUT2D eigenvalue weighted by molar-refractivity contribution is 5.37. The molecule has 0 aliphatic rings. The number of hydrogen-bond acceptors (Lipinski definition) is 5. The first-order chi connectivity index (χ1) is 8.56. The molecule has 94 valence electrons. The van der Waals surface area contributed by atoms with E-state index >= 15 is 0 Å². The van der Waals surface area contributed by atoms with E-state index in [-0.39, 0.29) is 18.0 Å². The van der Waals surface area contributed by atoms with Gasteiger partial charge in [0.15, 0.2) is 11.6 Å². The minimum absolute atomic E-state index is 0.0338. The van der Waals surface area contributed by atoms with Crippen LogP contribution in [0.5, 0.6) is 5.75 Å². The van der Waals surface area contributed by atoms with Crippen molar-refractivity contribution >= 4 is 5.69 Å². The Labute approximate surface area is 101 Å². The van der Waals surface area contributed by atoms with E-state index in [1.807, 2.05) is 0 Å². The van der Waals surface area contributed by atoms with Gasteiger partial charge in [-0.25, -0.2) is 4.39 Å². The smallest absolute Gasteiger partial charge is 0.272 e. The quantitative estimate of drug-likeness (QED) is 0.617. The Balaban J connectivity index is 2.08. The van der Waals surface area contributed by atoms with Crippen molar-refractivity contribution in [1.29, 1.82) is 0 Å². The van der Waals surface area contributed by atoms with Crippen LogP contribution in [0, 0.1) is 22.9 Å². The van der Waals surface area contributed by atoms with Gasteiger partial charge in [-0.3, -0.25) is 10.1 Å². The van der Waals surface area contributed by atoms with Crippen molar-refractivity contribution < 1.29 is 18.6 Å². The number of nitro benzene ring substituents is 1. The van der Waals surface area contributed by atoms with Crippen LogP contribution in [-0.4, -0.2) is 10.1 Å². The van der Waals surface area contributed by atoms with Crippen molar-refractivity contribution in [3.05, 3.63) is 51.7 Å². The number of halogens is 1. The molecule has 0 radical (unpaired) electrons. The summed E-state index contributed by atoms with van der Waals surface area (Å²) in [6.45, 7) is 1.76. The third kappa shape index (κ3) is 2.62. The maximum atomic E-state index is 13.4. The lowest BCUT2D eigenvalue weighted by molar-refractivity contribution is -0.385. The van der Waals surface area contributed by atoms with E-state index in [1.54, 1.807) is 13.0 Å². The average molecular weight is 252 g/mol. The van der Waals surface area contributed by atoms with Gasteiger partial charge in [0, 0.05) is 12.1 Å². The summed E-state index contributed by atoms with van der Waals surface area (Å²) in [5, 5.41) is 14.1. The molecule has 7 heteroatoms. The molecule has 0 saturated heterocycles. The van der Waals surface area contributed by atoms with E-state index in [0.29, 0.717) is 11.5 Å². The molecule has 0 bridgehead atoms. The summed E-state index contributed by atoms with van der Waals surface area (Å²) in [5.41, 5.74) is 0.197. The third-order valence-electron chi connectivity index (χ3n) is 2.18. The molecule has 0 aliphatic carbocycles. The third-order valence-corrected chi connectivity index (χ3v) is 2.18. The Bertz CT molecular complexity index is 582. The first-order valence-corrected chi connectivity index (χ1v) is 5.05. The van der Waals surface area contributed by atoms with E-state index in [0.717, 1.165) is 6.07 Å². The maximum Gasteiger partial charge on any atom is 0.272 e. The molecule has 0 unspecified atom stereocenters. The van der Waals surface area contributed by atoms with Crippen molar-refractivity contribution in [3.63, 3.8) is 0 Å². The molecule has 0 N–H and O–H groups in total. The fourth-order valence-corrected chi connectivity index (χ4v) is 1.36. The number of non-ortho nitro benzene ring substituents is 1. The van der Waals surface area contributed by atoms with E-state index < -0.39 is 10.7 Å². The summed E-state index contributed by atoms with van der Waals surface area (Å²) in [6, 6.07) is 4.85. The number of nitrogens with zero attached hydrogens (tertiary/aromatic N) is 2. The van der Waals surface area contributed by atoms with E-state index in [4.69, 9.17) is 9.26 Å². The summed E-state index contributed by atoms with van der Waals surface area (Å²) < 4.78 is 23.4. The lowest BCUT2D eigenvalue weighted by atomic mass is 10.3. The van der Waals surface area contributed by atoms with Gasteiger partial charge in [-0.15, -0.1) is 0 Å². The normalized spacial score (nSPS) is 10.3. The molecule has 2 aromatic rings. The van der Waals surface area contributed by atoms with Crippen molar-refractivity contribution in [2.75, 3.05) is 0 Å². The number of aromatic nitrogens is 1. The van der Waals surface area contributed by atoms with Crippen LogP contribution in [0.4, 0.5) is 10.1 Å². The summed E-state index contributed by atoms with van der Waals surface area (Å²) in [4.78, 5) is 9.75. The van der Waals surface area contributed by atoms with Crippen LogP contribution in [-0.2, 0) is 6.61 Å². The highest BCUT2D eigenvalue weighted by atomic mass is 19.1. The number of ether oxygens (including phenoxy) is 1. The molecule has 1 aromatic carbocycles. The minimum Gasteiger partial charge on any atom is -0.484 e. The molecule has 18 heavy (non-hydrogen) atoms. The molecule has 0 amide bonds. The topological polar surface area (TPSA) is 78.4 Å². The molecule has 0 atom stereocenters. The Kier molecular flexibility index (Phi) is 3.22. The maximum absolute atomic E-state index is 13.4. The second kappa shape index (κ2) is 4.82. The highest BCUT2D eigenvalue weighted by Gasteiger charge is 2.12. The minimum atomic E-state index is -0.788. The number of benzene rings is 1. The Morgan fingerprint density at radius 3 is 2.83 bits per heavy atom. The molecule has 0 aliphatic heterocycles. The summed E-state index contributed by atoms with van der Waals surface area (Å²) in [6.07, 6.45) is 0. The largest absolute Gasteiger partial charge is 0.484 e. The van der Waals surface area contributed by atoms with E-state index in [9.17, 15) is 14.5 Å². The van der Waals surface area contributed by atoms with E-state index in [1.165, 1.54) is 12.1 Å². The van der Waals surface area contributed by atoms with Crippen LogP contribution in [0.2, 0.25) is 0 Å². The van der Waals surface area contributed by atoms with Gasteiger partial charge in [0.05, 0.1) is 11.0 Å². The average Bonchev–Trinajstić information content (AvgIpc) is 2.73. The van der Waals surface area contributed by atoms with Crippen LogP contribution in [0.15, 0.2) is 28.8 Å². The van der Waals surface area contributed by atoms with Gasteiger partial charge in [0.1, 0.15) is 18.1 Å². The predicted molar refractivity (Wildman–Crippen MR) is 58.6 cm³/mol. The molecule has 6 nitrogen and oxygen atoms in total. The fourth-order valence-electron chi connectivity index (χ4n) is 1.36. The Morgan fingerprint density at radius 1 is 1.50 bits per heavy atom.